The molecule has 1 heterocycles. The molecule has 1 aliphatic rings. The Balaban J connectivity index is 2.15. The monoisotopic (exact) mass is 297 g/mol. The standard InChI is InChI=1S/C18H19NO3/c1-18(2,3)19-17(21)16-13-9-8-11-6-4-5-7-12(11)14(13)10-15(20)22-16/h4-7,10H,8-9H2,1-3H3,(H,19,21). The van der Waals surface area contributed by atoms with E-state index in [-0.39, 0.29) is 17.2 Å². The first-order valence-corrected chi connectivity index (χ1v) is 7.43. The Bertz CT molecular complexity index is 797. The van der Waals surface area contributed by atoms with E-state index in [1.807, 2.05) is 39.0 Å². The molecule has 0 saturated heterocycles. The Labute approximate surface area is 129 Å². The molecule has 3 rings (SSSR count). The van der Waals surface area contributed by atoms with Crippen LogP contribution in [0, 0.1) is 0 Å². The third-order valence-corrected chi connectivity index (χ3v) is 3.71. The summed E-state index contributed by atoms with van der Waals surface area (Å²) in [5.41, 5.74) is 2.97. The Hall–Kier alpha value is -2.36. The van der Waals surface area contributed by atoms with E-state index in [4.69, 9.17) is 4.42 Å². The highest BCUT2D eigenvalue weighted by Crippen LogP contribution is 2.34. The fourth-order valence-electron chi connectivity index (χ4n) is 2.85. The topological polar surface area (TPSA) is 59.3 Å². The third kappa shape index (κ3) is 2.69. The molecule has 0 unspecified atom stereocenters. The lowest BCUT2D eigenvalue weighted by Crippen LogP contribution is -2.41. The van der Waals surface area contributed by atoms with E-state index in [2.05, 4.69) is 11.4 Å². The van der Waals surface area contributed by atoms with Gasteiger partial charge in [-0.15, -0.1) is 0 Å². The lowest BCUT2D eigenvalue weighted by molar-refractivity contribution is 0.0884. The molecular formula is C18H19NO3. The number of nitrogens with one attached hydrogen (secondary N) is 1. The van der Waals surface area contributed by atoms with Gasteiger partial charge >= 0.3 is 5.63 Å². The van der Waals surface area contributed by atoms with Crippen molar-refractivity contribution in [2.75, 3.05) is 0 Å². The molecule has 1 aromatic heterocycles. The van der Waals surface area contributed by atoms with E-state index < -0.39 is 5.63 Å². The average molecular weight is 297 g/mol. The number of amides is 1. The Morgan fingerprint density at radius 1 is 1.14 bits per heavy atom. The summed E-state index contributed by atoms with van der Waals surface area (Å²) in [6.45, 7) is 5.69. The van der Waals surface area contributed by atoms with Crippen molar-refractivity contribution in [1.29, 1.82) is 0 Å². The smallest absolute Gasteiger partial charge is 0.336 e. The van der Waals surface area contributed by atoms with Gasteiger partial charge in [0.05, 0.1) is 0 Å². The van der Waals surface area contributed by atoms with E-state index in [0.717, 1.165) is 23.1 Å². The number of aryl methyl sites for hydroxylation is 1. The van der Waals surface area contributed by atoms with Gasteiger partial charge in [0, 0.05) is 17.2 Å². The van der Waals surface area contributed by atoms with Crippen molar-refractivity contribution in [2.45, 2.75) is 39.2 Å². The van der Waals surface area contributed by atoms with Crippen LogP contribution >= 0.6 is 0 Å². The van der Waals surface area contributed by atoms with Crippen LogP contribution in [0.4, 0.5) is 0 Å². The van der Waals surface area contributed by atoms with Gasteiger partial charge < -0.3 is 9.73 Å². The zero-order chi connectivity index (χ0) is 15.9. The van der Waals surface area contributed by atoms with Crippen LogP contribution in [-0.4, -0.2) is 11.4 Å². The molecule has 4 heteroatoms. The lowest BCUT2D eigenvalue weighted by Gasteiger charge is -2.23. The van der Waals surface area contributed by atoms with Crippen LogP contribution in [0.5, 0.6) is 0 Å². The molecule has 1 aliphatic carbocycles. The molecule has 1 aromatic carbocycles. The van der Waals surface area contributed by atoms with Crippen molar-refractivity contribution in [3.05, 3.63) is 57.6 Å². The summed E-state index contributed by atoms with van der Waals surface area (Å²) >= 11 is 0. The second-order valence-electron chi connectivity index (χ2n) is 6.65. The number of carbonyl (C=O) groups excluding carboxylic acids is 1. The molecule has 0 atom stereocenters. The van der Waals surface area contributed by atoms with Gasteiger partial charge in [-0.05, 0) is 50.3 Å². The number of hydrogen-bond donors (Lipinski definition) is 1. The first-order valence-electron chi connectivity index (χ1n) is 7.43. The Morgan fingerprint density at radius 3 is 2.59 bits per heavy atom. The number of carbonyl (C=O) groups is 1. The van der Waals surface area contributed by atoms with Gasteiger partial charge in [-0.25, -0.2) is 4.79 Å². The van der Waals surface area contributed by atoms with E-state index in [0.29, 0.717) is 6.42 Å². The van der Waals surface area contributed by atoms with Gasteiger partial charge in [0.1, 0.15) is 0 Å². The van der Waals surface area contributed by atoms with Crippen molar-refractivity contribution in [2.24, 2.45) is 0 Å². The maximum absolute atomic E-state index is 12.5. The number of hydrogen-bond acceptors (Lipinski definition) is 3. The molecule has 1 N–H and O–H groups in total. The first-order chi connectivity index (χ1) is 10.3. The second kappa shape index (κ2) is 5.13. The summed E-state index contributed by atoms with van der Waals surface area (Å²) in [6.07, 6.45) is 1.54. The molecule has 0 fully saturated rings. The predicted octanol–water partition coefficient (Wildman–Crippen LogP) is 2.93. The maximum Gasteiger partial charge on any atom is 0.336 e. The minimum Gasteiger partial charge on any atom is -0.417 e. The van der Waals surface area contributed by atoms with Crippen LogP contribution in [0.25, 0.3) is 11.1 Å². The minimum absolute atomic E-state index is 0.145. The van der Waals surface area contributed by atoms with E-state index in [1.165, 1.54) is 11.6 Å². The average Bonchev–Trinajstić information content (AvgIpc) is 2.44. The third-order valence-electron chi connectivity index (χ3n) is 3.71. The lowest BCUT2D eigenvalue weighted by atomic mass is 9.85. The van der Waals surface area contributed by atoms with Crippen molar-refractivity contribution in [3.63, 3.8) is 0 Å². The highest BCUT2D eigenvalue weighted by molar-refractivity contribution is 5.95. The normalized spacial score (nSPS) is 13.2. The van der Waals surface area contributed by atoms with Crippen LogP contribution in [0.15, 0.2) is 39.5 Å². The van der Waals surface area contributed by atoms with Gasteiger partial charge in [0.15, 0.2) is 5.76 Å². The van der Waals surface area contributed by atoms with E-state index >= 15 is 0 Å². The van der Waals surface area contributed by atoms with Crippen molar-refractivity contribution < 1.29 is 9.21 Å². The predicted molar refractivity (Wildman–Crippen MR) is 85.0 cm³/mol. The minimum atomic E-state index is -0.491. The van der Waals surface area contributed by atoms with Crippen molar-refractivity contribution in [1.82, 2.24) is 5.32 Å². The summed E-state index contributed by atoms with van der Waals surface area (Å²) in [5.74, 6) is -0.187. The molecule has 114 valence electrons. The van der Waals surface area contributed by atoms with Gasteiger partial charge in [0.2, 0.25) is 0 Å². The SMILES string of the molecule is CC(C)(C)NC(=O)c1oc(=O)cc2c1CCc1ccccc1-2. The van der Waals surface area contributed by atoms with Crippen LogP contribution < -0.4 is 10.9 Å². The molecule has 0 bridgehead atoms. The summed E-state index contributed by atoms with van der Waals surface area (Å²) in [6, 6.07) is 9.46. The summed E-state index contributed by atoms with van der Waals surface area (Å²) in [4.78, 5) is 24.3. The number of rotatable bonds is 1. The van der Waals surface area contributed by atoms with Crippen molar-refractivity contribution in [3.8, 4) is 11.1 Å². The van der Waals surface area contributed by atoms with Gasteiger partial charge in [-0.1, -0.05) is 24.3 Å². The molecule has 0 spiro atoms. The molecule has 4 nitrogen and oxygen atoms in total. The van der Waals surface area contributed by atoms with Crippen LogP contribution in [0.2, 0.25) is 0 Å². The van der Waals surface area contributed by atoms with Crippen molar-refractivity contribution >= 4 is 5.91 Å². The number of benzene rings is 1. The largest absolute Gasteiger partial charge is 0.417 e. The van der Waals surface area contributed by atoms with E-state index in [9.17, 15) is 9.59 Å². The van der Waals surface area contributed by atoms with Gasteiger partial charge in [0.25, 0.3) is 5.91 Å². The van der Waals surface area contributed by atoms with Crippen LogP contribution in [0.3, 0.4) is 0 Å². The van der Waals surface area contributed by atoms with E-state index in [1.54, 1.807) is 0 Å². The molecule has 0 saturated carbocycles. The molecule has 0 aliphatic heterocycles. The molecule has 2 aromatic rings. The fourth-order valence-corrected chi connectivity index (χ4v) is 2.85. The number of fused-ring (bicyclic) bond motifs is 3. The summed E-state index contributed by atoms with van der Waals surface area (Å²) < 4.78 is 5.23. The van der Waals surface area contributed by atoms with Gasteiger partial charge in [-0.3, -0.25) is 4.79 Å². The Morgan fingerprint density at radius 2 is 1.86 bits per heavy atom. The molecule has 22 heavy (non-hydrogen) atoms. The molecule has 0 radical (unpaired) electrons. The summed E-state index contributed by atoms with van der Waals surface area (Å²) in [7, 11) is 0. The highest BCUT2D eigenvalue weighted by Gasteiger charge is 2.26. The summed E-state index contributed by atoms with van der Waals surface area (Å²) in [5, 5.41) is 2.87. The first kappa shape index (κ1) is 14.6. The molecule has 1 amide bonds. The van der Waals surface area contributed by atoms with Crippen LogP contribution in [0.1, 0.15) is 42.5 Å². The Kier molecular flexibility index (Phi) is 3.39. The van der Waals surface area contributed by atoms with Crippen LogP contribution in [-0.2, 0) is 12.8 Å². The quantitative estimate of drug-likeness (QED) is 0.880. The maximum atomic E-state index is 12.5. The zero-order valence-electron chi connectivity index (χ0n) is 13.0. The second-order valence-corrected chi connectivity index (χ2v) is 6.65. The van der Waals surface area contributed by atoms with Gasteiger partial charge in [-0.2, -0.15) is 0 Å². The fraction of sp³-hybridized carbons (Fsp3) is 0.333. The zero-order valence-corrected chi connectivity index (χ0v) is 13.0. The highest BCUT2D eigenvalue weighted by atomic mass is 16.4. The molecular weight excluding hydrogens is 278 g/mol.